The van der Waals surface area contributed by atoms with Crippen molar-refractivity contribution >= 4 is 54.3 Å². The number of fused-ring (bicyclic) bond motifs is 9. The molecule has 0 aliphatic rings. The molecule has 0 atom stereocenters. The van der Waals surface area contributed by atoms with E-state index in [9.17, 15) is 15.1 Å². The largest absolute Gasteiger partial charge is 0.456 e. The molecule has 0 aliphatic heterocycles. The zero-order chi connectivity index (χ0) is 58.4. The van der Waals surface area contributed by atoms with E-state index in [1.807, 2.05) is 0 Å². The number of para-hydroxylation sites is 1. The molecule has 1 nitrogen and oxygen atoms in total. The van der Waals surface area contributed by atoms with Crippen molar-refractivity contribution in [2.75, 3.05) is 0 Å². The van der Waals surface area contributed by atoms with E-state index in [0.717, 1.165) is 0 Å². The van der Waals surface area contributed by atoms with Crippen LogP contribution >= 0.6 is 0 Å². The maximum absolute atomic E-state index is 9.92. The van der Waals surface area contributed by atoms with Gasteiger partial charge < -0.3 is 4.42 Å². The van der Waals surface area contributed by atoms with Crippen molar-refractivity contribution in [3.8, 4) is 44.5 Å². The van der Waals surface area contributed by atoms with E-state index in [4.69, 9.17) is 30.5 Å². The molecule has 0 amide bonds. The standard InChI is InChI=1S/C48H30O/c1-2-10-31(11-3-1)34-12-8-13-35(28-34)37-25-27-42-40-15-5-4-14-39(40)41-26-24-36(29-44(41)45(42)30-37)32-20-22-33(23-21-32)38-17-9-19-47-48(38)43-16-6-7-18-46(43)49-47/h1-30H/i1D,2D,3D,4D,5D,6D,7D,8D,9D,10D,11D,12D,13D,14D,15D,16D,17D,18D,19D,20D,21D,22D,23D,24D,25D,26D,27D,28D,29D,30D. The third-order valence-corrected chi connectivity index (χ3v) is 7.76. The molecule has 1 heterocycles. The molecule has 0 saturated carbocycles. The number of benzene rings is 9. The summed E-state index contributed by atoms with van der Waals surface area (Å²) < 4.78 is 274. The number of furan rings is 1. The van der Waals surface area contributed by atoms with Gasteiger partial charge in [0.05, 0.1) is 41.1 Å². The van der Waals surface area contributed by atoms with Gasteiger partial charge in [-0.1, -0.05) is 151 Å². The Labute approximate surface area is 326 Å². The Morgan fingerprint density at radius 2 is 0.735 bits per heavy atom. The van der Waals surface area contributed by atoms with Crippen LogP contribution in [-0.4, -0.2) is 0 Å². The Morgan fingerprint density at radius 1 is 0.286 bits per heavy atom. The molecule has 0 saturated heterocycles. The van der Waals surface area contributed by atoms with Gasteiger partial charge in [-0.15, -0.1) is 0 Å². The minimum absolute atomic E-state index is 0.434. The van der Waals surface area contributed by atoms with Crippen LogP contribution in [0.2, 0.25) is 0 Å². The summed E-state index contributed by atoms with van der Waals surface area (Å²) in [5, 5.41) is -4.93. The van der Waals surface area contributed by atoms with Gasteiger partial charge in [-0.25, -0.2) is 0 Å². The highest BCUT2D eigenvalue weighted by Crippen LogP contribution is 2.41. The molecule has 1 heteroatoms. The van der Waals surface area contributed by atoms with Crippen molar-refractivity contribution in [2.45, 2.75) is 0 Å². The van der Waals surface area contributed by atoms with Gasteiger partial charge in [0, 0.05) is 10.8 Å². The molecule has 49 heavy (non-hydrogen) atoms. The summed E-state index contributed by atoms with van der Waals surface area (Å²) >= 11 is 0. The third-order valence-electron chi connectivity index (χ3n) is 7.76. The van der Waals surface area contributed by atoms with Crippen LogP contribution in [-0.2, 0) is 0 Å². The first-order chi connectivity index (χ1) is 36.8. The summed E-state index contributed by atoms with van der Waals surface area (Å²) in [4.78, 5) is 0. The predicted molar refractivity (Wildman–Crippen MR) is 208 cm³/mol. The van der Waals surface area contributed by atoms with E-state index in [2.05, 4.69) is 0 Å². The second-order valence-electron chi connectivity index (χ2n) is 10.5. The molecule has 0 N–H and O–H groups in total. The molecule has 10 rings (SSSR count). The van der Waals surface area contributed by atoms with E-state index in [-0.39, 0.29) is 0 Å². The van der Waals surface area contributed by atoms with Crippen LogP contribution in [0.15, 0.2) is 186 Å². The van der Waals surface area contributed by atoms with Crippen LogP contribution in [0.4, 0.5) is 0 Å². The Balaban J connectivity index is 1.40. The van der Waals surface area contributed by atoms with Crippen molar-refractivity contribution < 1.29 is 45.5 Å². The lowest BCUT2D eigenvalue weighted by Crippen LogP contribution is -1.87. The molecule has 0 aliphatic carbocycles. The van der Waals surface area contributed by atoms with Gasteiger partial charge in [0.25, 0.3) is 0 Å². The van der Waals surface area contributed by atoms with Crippen molar-refractivity contribution in [1.82, 2.24) is 0 Å². The molecule has 0 fully saturated rings. The van der Waals surface area contributed by atoms with Crippen LogP contribution in [0.1, 0.15) is 41.1 Å². The monoisotopic (exact) mass is 652 g/mol. The predicted octanol–water partition coefficient (Wildman–Crippen LogP) is 13.7. The first kappa shape index (κ1) is 11.1. The van der Waals surface area contributed by atoms with E-state index >= 15 is 0 Å². The zero-order valence-electron chi connectivity index (χ0n) is 54.4. The van der Waals surface area contributed by atoms with Gasteiger partial charge in [0.2, 0.25) is 0 Å². The minimum atomic E-state index is -1.09. The molecular weight excluding hydrogens is 593 g/mol. The van der Waals surface area contributed by atoms with Crippen molar-refractivity contribution in [2.24, 2.45) is 0 Å². The Kier molecular flexibility index (Phi) is 2.50. The maximum atomic E-state index is 9.92. The van der Waals surface area contributed by atoms with Crippen molar-refractivity contribution in [3.05, 3.63) is 181 Å². The first-order valence-corrected chi connectivity index (χ1v) is 14.4. The lowest BCUT2D eigenvalue weighted by atomic mass is 9.89. The summed E-state index contributed by atoms with van der Waals surface area (Å²) in [6, 6.07) is -28.4. The molecule has 0 spiro atoms. The van der Waals surface area contributed by atoms with E-state index in [0.29, 0.717) is 0 Å². The number of hydrogen-bond donors (Lipinski definition) is 0. The molecule has 0 unspecified atom stereocenters. The lowest BCUT2D eigenvalue weighted by Gasteiger charge is -2.14. The second-order valence-corrected chi connectivity index (χ2v) is 10.5. The van der Waals surface area contributed by atoms with Crippen LogP contribution in [0, 0.1) is 0 Å². The SMILES string of the molecule is [2H]c1c([2H])c([2H])c(-c2c([2H])c([2H])c([2H])c(-c3c([2H])c([2H])c4c5c([2H])c([2H])c([2H])c([2H])c5c5c([2H])c([2H])c(-c6c([2H])c([2H])c(-c7c([2H])c([2H])c([2H])c8oc9c([2H])c([2H])c([2H])c([2H])c9c78)c([2H])c6[2H])c([2H])c5c4c3[2H])c2[2H])c([2H])c1[2H]. The molecule has 0 radical (unpaired) electrons. The fourth-order valence-corrected chi connectivity index (χ4v) is 5.58. The summed E-state index contributed by atoms with van der Waals surface area (Å²) in [6.45, 7) is 0. The van der Waals surface area contributed by atoms with E-state index in [1.54, 1.807) is 0 Å². The van der Waals surface area contributed by atoms with Gasteiger partial charge in [-0.2, -0.15) is 0 Å². The fourth-order valence-electron chi connectivity index (χ4n) is 5.58. The van der Waals surface area contributed by atoms with Crippen LogP contribution < -0.4 is 0 Å². The summed E-state index contributed by atoms with van der Waals surface area (Å²) in [6.07, 6.45) is 0. The average molecular weight is 653 g/mol. The minimum Gasteiger partial charge on any atom is -0.456 e. The highest BCUT2D eigenvalue weighted by Gasteiger charge is 2.14. The zero-order valence-corrected chi connectivity index (χ0v) is 24.4. The Bertz CT molecular complexity index is 4540. The molecule has 9 aromatic carbocycles. The van der Waals surface area contributed by atoms with Gasteiger partial charge >= 0.3 is 0 Å². The third kappa shape index (κ3) is 4.55. The maximum Gasteiger partial charge on any atom is 0.136 e. The summed E-state index contributed by atoms with van der Waals surface area (Å²) in [5.41, 5.74) is -7.70. The molecule has 228 valence electrons. The topological polar surface area (TPSA) is 13.1 Å². The van der Waals surface area contributed by atoms with E-state index in [1.165, 1.54) is 0 Å². The van der Waals surface area contributed by atoms with Gasteiger partial charge in [0.1, 0.15) is 11.2 Å². The van der Waals surface area contributed by atoms with Crippen LogP contribution in [0.3, 0.4) is 0 Å². The fraction of sp³-hybridized carbons (Fsp3) is 0. The Morgan fingerprint density at radius 3 is 1.45 bits per heavy atom. The first-order valence-electron chi connectivity index (χ1n) is 29.4. The number of hydrogen-bond acceptors (Lipinski definition) is 1. The van der Waals surface area contributed by atoms with Gasteiger partial charge in [-0.05, 0) is 107 Å². The Hall–Kier alpha value is -6.44. The highest BCUT2D eigenvalue weighted by molar-refractivity contribution is 6.26. The quantitative estimate of drug-likeness (QED) is 0.172. The second kappa shape index (κ2) is 11.1. The van der Waals surface area contributed by atoms with Crippen LogP contribution in [0.5, 0.6) is 0 Å². The van der Waals surface area contributed by atoms with Gasteiger partial charge in [0.15, 0.2) is 0 Å². The molecular formula is C48H30O. The van der Waals surface area contributed by atoms with Crippen molar-refractivity contribution in [3.63, 3.8) is 0 Å². The normalized spacial score (nSPS) is 20.2. The smallest absolute Gasteiger partial charge is 0.136 e. The van der Waals surface area contributed by atoms with Gasteiger partial charge in [-0.3, -0.25) is 0 Å². The summed E-state index contributed by atoms with van der Waals surface area (Å²) in [7, 11) is 0. The average Bonchev–Trinajstić information content (AvgIpc) is 4.01. The number of rotatable bonds is 4. The lowest BCUT2D eigenvalue weighted by molar-refractivity contribution is 0.669. The molecule has 1 aromatic heterocycles. The summed E-state index contributed by atoms with van der Waals surface area (Å²) in [5.74, 6) is 0. The highest BCUT2D eigenvalue weighted by atomic mass is 16.3. The molecule has 10 aromatic rings. The van der Waals surface area contributed by atoms with Crippen LogP contribution in [0.25, 0.3) is 98.8 Å². The molecule has 0 bridgehead atoms. The van der Waals surface area contributed by atoms with Crippen molar-refractivity contribution in [1.29, 1.82) is 0 Å². The van der Waals surface area contributed by atoms with E-state index < -0.39 is 280 Å².